The number of nitrogens with one attached hydrogen (secondary N) is 1. The summed E-state index contributed by atoms with van der Waals surface area (Å²) in [4.78, 5) is 3.73. The Kier molecular flexibility index (Phi) is 8.43. The Hall–Kier alpha value is -3.35. The van der Waals surface area contributed by atoms with Crippen LogP contribution in [0.2, 0.25) is 5.02 Å². The van der Waals surface area contributed by atoms with E-state index in [4.69, 9.17) is 21.1 Å². The van der Waals surface area contributed by atoms with Gasteiger partial charge in [0.1, 0.15) is 18.4 Å². The second-order valence-electron chi connectivity index (χ2n) is 8.74. The summed E-state index contributed by atoms with van der Waals surface area (Å²) < 4.78 is 50.8. The highest BCUT2D eigenvalue weighted by atomic mass is 35.5. The zero-order valence-electron chi connectivity index (χ0n) is 20.4. The van der Waals surface area contributed by atoms with Crippen molar-refractivity contribution < 1.29 is 22.3 Å². The number of hydrogen-bond acceptors (Lipinski definition) is 6. The molecule has 0 bridgehead atoms. The van der Waals surface area contributed by atoms with E-state index < -0.39 is 21.3 Å². The van der Waals surface area contributed by atoms with Gasteiger partial charge in [0, 0.05) is 17.2 Å². The second kappa shape index (κ2) is 11.1. The SMILES string of the molecule is CCCOc1c(Cl)cc(C(C)(C)c2ccc(OCc3ccnc(NS(C)(=O)=O)c3F)cc2)cc1C#N. The molecule has 0 amide bonds. The molecule has 7 nitrogen and oxygen atoms in total. The Labute approximate surface area is 215 Å². The van der Waals surface area contributed by atoms with Gasteiger partial charge < -0.3 is 9.47 Å². The van der Waals surface area contributed by atoms with Crippen molar-refractivity contribution in [1.29, 1.82) is 5.26 Å². The number of ether oxygens (including phenoxy) is 2. The maximum atomic E-state index is 14.6. The average Bonchev–Trinajstić information content (AvgIpc) is 2.82. The highest BCUT2D eigenvalue weighted by molar-refractivity contribution is 7.92. The zero-order chi connectivity index (χ0) is 26.5. The number of nitrogens with zero attached hydrogens (tertiary/aromatic N) is 2. The number of nitriles is 1. The summed E-state index contributed by atoms with van der Waals surface area (Å²) in [5, 5.41) is 10.00. The van der Waals surface area contributed by atoms with Crippen LogP contribution in [-0.4, -0.2) is 26.3 Å². The Bertz CT molecular complexity index is 1390. The molecular formula is C26H27ClFN3O4S. The summed E-state index contributed by atoms with van der Waals surface area (Å²) in [5.41, 5.74) is 1.85. The van der Waals surface area contributed by atoms with Crippen LogP contribution in [0.25, 0.3) is 0 Å². The van der Waals surface area contributed by atoms with Gasteiger partial charge in [-0.2, -0.15) is 5.26 Å². The van der Waals surface area contributed by atoms with Crippen LogP contribution in [0.3, 0.4) is 0 Å². The molecule has 1 heterocycles. The maximum Gasteiger partial charge on any atom is 0.231 e. The molecule has 190 valence electrons. The molecule has 36 heavy (non-hydrogen) atoms. The summed E-state index contributed by atoms with van der Waals surface area (Å²) in [5.74, 6) is -0.278. The monoisotopic (exact) mass is 531 g/mol. The molecule has 0 fully saturated rings. The lowest BCUT2D eigenvalue weighted by atomic mass is 9.77. The van der Waals surface area contributed by atoms with Crippen molar-refractivity contribution in [3.63, 3.8) is 0 Å². The van der Waals surface area contributed by atoms with E-state index in [-0.39, 0.29) is 18.0 Å². The van der Waals surface area contributed by atoms with Crippen LogP contribution in [0.1, 0.15) is 49.4 Å². The third-order valence-electron chi connectivity index (χ3n) is 5.56. The largest absolute Gasteiger partial charge is 0.491 e. The lowest BCUT2D eigenvalue weighted by molar-refractivity contribution is 0.299. The van der Waals surface area contributed by atoms with Gasteiger partial charge in [-0.05, 0) is 47.9 Å². The van der Waals surface area contributed by atoms with Crippen LogP contribution in [0, 0.1) is 17.1 Å². The topological polar surface area (TPSA) is 101 Å². The van der Waals surface area contributed by atoms with E-state index in [1.165, 1.54) is 12.3 Å². The predicted molar refractivity (Wildman–Crippen MR) is 138 cm³/mol. The molecule has 2 aromatic carbocycles. The zero-order valence-corrected chi connectivity index (χ0v) is 22.0. The number of sulfonamides is 1. The second-order valence-corrected chi connectivity index (χ2v) is 10.9. The van der Waals surface area contributed by atoms with E-state index in [0.717, 1.165) is 23.8 Å². The van der Waals surface area contributed by atoms with Crippen LogP contribution in [0.15, 0.2) is 48.7 Å². The van der Waals surface area contributed by atoms with Crippen LogP contribution in [0.4, 0.5) is 10.2 Å². The van der Waals surface area contributed by atoms with Gasteiger partial charge in [0.25, 0.3) is 0 Å². The van der Waals surface area contributed by atoms with Crippen molar-refractivity contribution in [2.75, 3.05) is 17.6 Å². The smallest absolute Gasteiger partial charge is 0.231 e. The third kappa shape index (κ3) is 6.45. The van der Waals surface area contributed by atoms with Gasteiger partial charge >= 0.3 is 0 Å². The first-order valence-corrected chi connectivity index (χ1v) is 13.4. The average molecular weight is 532 g/mol. The fourth-order valence-corrected chi connectivity index (χ4v) is 4.29. The van der Waals surface area contributed by atoms with Crippen LogP contribution >= 0.6 is 11.6 Å². The molecule has 1 N–H and O–H groups in total. The van der Waals surface area contributed by atoms with Gasteiger partial charge in [0.05, 0.1) is 23.4 Å². The number of anilines is 1. The summed E-state index contributed by atoms with van der Waals surface area (Å²) >= 11 is 6.46. The standard InChI is InChI=1S/C26H27ClFN3O4S/c1-5-12-34-24-18(15-29)13-20(14-22(24)27)26(2,3)19-6-8-21(9-7-19)35-16-17-10-11-30-25(23(17)28)31-36(4,32)33/h6-11,13-14H,5,12,16H2,1-4H3,(H,30,31). The van der Waals surface area contributed by atoms with Crippen LogP contribution in [-0.2, 0) is 22.0 Å². The van der Waals surface area contributed by atoms with Gasteiger partial charge in [-0.1, -0.05) is 44.5 Å². The van der Waals surface area contributed by atoms with Crippen LogP contribution in [0.5, 0.6) is 11.5 Å². The number of halogens is 2. The highest BCUT2D eigenvalue weighted by Gasteiger charge is 2.26. The summed E-state index contributed by atoms with van der Waals surface area (Å²) in [6.45, 7) is 6.37. The summed E-state index contributed by atoms with van der Waals surface area (Å²) in [6, 6.07) is 14.5. The van der Waals surface area contributed by atoms with E-state index >= 15 is 0 Å². The minimum absolute atomic E-state index is 0.115. The number of benzene rings is 2. The molecular weight excluding hydrogens is 505 g/mol. The van der Waals surface area contributed by atoms with Gasteiger partial charge in [-0.15, -0.1) is 0 Å². The molecule has 0 atom stereocenters. The van der Waals surface area contributed by atoms with Gasteiger partial charge in [0.2, 0.25) is 10.0 Å². The molecule has 3 aromatic rings. The van der Waals surface area contributed by atoms with E-state index in [9.17, 15) is 18.1 Å². The lowest BCUT2D eigenvalue weighted by Crippen LogP contribution is -2.19. The molecule has 0 unspecified atom stereocenters. The lowest BCUT2D eigenvalue weighted by Gasteiger charge is -2.27. The van der Waals surface area contributed by atoms with Crippen molar-refractivity contribution in [3.05, 3.63) is 81.8 Å². The van der Waals surface area contributed by atoms with Gasteiger partial charge in [-0.25, -0.2) is 17.8 Å². The molecule has 0 spiro atoms. The predicted octanol–water partition coefficient (Wildman–Crippen LogP) is 5.81. The molecule has 0 aliphatic heterocycles. The maximum absolute atomic E-state index is 14.6. The van der Waals surface area contributed by atoms with Gasteiger partial charge in [0.15, 0.2) is 17.4 Å². The van der Waals surface area contributed by atoms with E-state index in [0.29, 0.717) is 28.7 Å². The minimum atomic E-state index is -3.67. The van der Waals surface area contributed by atoms with Gasteiger partial charge in [-0.3, -0.25) is 4.72 Å². The summed E-state index contributed by atoms with van der Waals surface area (Å²) in [7, 11) is -3.67. The fraction of sp³-hybridized carbons (Fsp3) is 0.308. The van der Waals surface area contributed by atoms with Crippen molar-refractivity contribution in [2.24, 2.45) is 0 Å². The van der Waals surface area contributed by atoms with E-state index in [2.05, 4.69) is 11.1 Å². The Morgan fingerprint density at radius 3 is 2.44 bits per heavy atom. The highest BCUT2D eigenvalue weighted by Crippen LogP contribution is 2.38. The fourth-order valence-electron chi connectivity index (χ4n) is 3.53. The molecule has 1 aromatic heterocycles. The van der Waals surface area contributed by atoms with E-state index in [1.807, 2.05) is 43.7 Å². The number of hydrogen-bond donors (Lipinski definition) is 1. The first-order valence-electron chi connectivity index (χ1n) is 11.2. The Morgan fingerprint density at radius 1 is 1.14 bits per heavy atom. The first kappa shape index (κ1) is 27.2. The number of pyridine rings is 1. The summed E-state index contributed by atoms with van der Waals surface area (Å²) in [6.07, 6.45) is 3.03. The van der Waals surface area contributed by atoms with Crippen LogP contribution < -0.4 is 14.2 Å². The quantitative estimate of drug-likeness (QED) is 0.354. The van der Waals surface area contributed by atoms with Crippen molar-refractivity contribution in [1.82, 2.24) is 4.98 Å². The molecule has 0 aliphatic rings. The Balaban J connectivity index is 1.78. The van der Waals surface area contributed by atoms with Crippen molar-refractivity contribution >= 4 is 27.4 Å². The van der Waals surface area contributed by atoms with Crippen molar-refractivity contribution in [2.45, 2.75) is 39.2 Å². The number of rotatable bonds is 10. The minimum Gasteiger partial charge on any atom is -0.491 e. The molecule has 0 radical (unpaired) electrons. The molecule has 10 heteroatoms. The van der Waals surface area contributed by atoms with E-state index in [1.54, 1.807) is 18.2 Å². The molecule has 0 saturated carbocycles. The first-order chi connectivity index (χ1) is 17.0. The molecule has 0 aliphatic carbocycles. The molecule has 0 saturated heterocycles. The number of aromatic nitrogens is 1. The normalized spacial score (nSPS) is 11.6. The molecule has 3 rings (SSSR count). The third-order valence-corrected chi connectivity index (χ3v) is 6.40. The Morgan fingerprint density at radius 2 is 1.83 bits per heavy atom. The van der Waals surface area contributed by atoms with Crippen molar-refractivity contribution in [3.8, 4) is 17.6 Å².